The summed E-state index contributed by atoms with van der Waals surface area (Å²) in [6.45, 7) is 2.72. The van der Waals surface area contributed by atoms with E-state index in [-0.39, 0.29) is 5.91 Å². The van der Waals surface area contributed by atoms with E-state index in [1.807, 2.05) is 32.3 Å². The zero-order valence-electron chi connectivity index (χ0n) is 11.4. The summed E-state index contributed by atoms with van der Waals surface area (Å²) in [5.41, 5.74) is 7.12. The van der Waals surface area contributed by atoms with E-state index in [4.69, 9.17) is 0 Å². The lowest BCUT2D eigenvalue weighted by Crippen LogP contribution is -2.44. The lowest BCUT2D eigenvalue weighted by atomic mass is 9.98. The quantitative estimate of drug-likeness (QED) is 0.845. The summed E-state index contributed by atoms with van der Waals surface area (Å²) in [5.74, 6) is 0.0279. The van der Waals surface area contributed by atoms with Gasteiger partial charge in [-0.05, 0) is 18.6 Å². The molecule has 2 aromatic rings. The van der Waals surface area contributed by atoms with E-state index in [0.29, 0.717) is 6.54 Å². The van der Waals surface area contributed by atoms with Crippen LogP contribution in [0, 0.1) is 0 Å². The maximum absolute atomic E-state index is 12.4. The molecule has 0 saturated heterocycles. The minimum Gasteiger partial charge on any atom is -0.350 e. The molecule has 0 fully saturated rings. The minimum atomic E-state index is 0.0279. The molecule has 0 atom stereocenters. The first kappa shape index (κ1) is 12.0. The topological polar surface area (TPSA) is 37.3 Å². The van der Waals surface area contributed by atoms with Crippen LogP contribution in [0.1, 0.15) is 12.5 Å². The van der Waals surface area contributed by atoms with Gasteiger partial charge < -0.3 is 4.57 Å². The highest BCUT2D eigenvalue weighted by Gasteiger charge is 2.25. The number of carbonyl (C=O) groups is 1. The van der Waals surface area contributed by atoms with E-state index in [0.717, 1.165) is 27.6 Å². The first-order valence-corrected chi connectivity index (χ1v) is 6.35. The molecule has 1 aliphatic heterocycles. The van der Waals surface area contributed by atoms with Crippen molar-refractivity contribution in [3.63, 3.8) is 0 Å². The van der Waals surface area contributed by atoms with Crippen molar-refractivity contribution >= 4 is 22.4 Å². The number of likely N-dealkylation sites (N-methyl/N-ethyl adjacent to an activating group) is 1. The number of nitrogens with one attached hydrogen (secondary N) is 1. The van der Waals surface area contributed by atoms with Gasteiger partial charge in [0, 0.05) is 43.3 Å². The molecular weight excluding hydrogens is 238 g/mol. The highest BCUT2D eigenvalue weighted by Crippen LogP contribution is 2.30. The molecule has 1 aliphatic rings. The van der Waals surface area contributed by atoms with Crippen molar-refractivity contribution in [2.24, 2.45) is 7.05 Å². The lowest BCUT2D eigenvalue weighted by molar-refractivity contribution is -0.126. The predicted molar refractivity (Wildman–Crippen MR) is 76.3 cm³/mol. The highest BCUT2D eigenvalue weighted by atomic mass is 16.2. The summed E-state index contributed by atoms with van der Waals surface area (Å²) in [7, 11) is 3.77. The molecular formula is C15H17N3O. The second kappa shape index (κ2) is 4.24. The monoisotopic (exact) mass is 255 g/mol. The first-order chi connectivity index (χ1) is 9.09. The van der Waals surface area contributed by atoms with Crippen molar-refractivity contribution in [1.82, 2.24) is 15.0 Å². The van der Waals surface area contributed by atoms with Gasteiger partial charge in [0.2, 0.25) is 0 Å². The molecule has 0 saturated carbocycles. The van der Waals surface area contributed by atoms with Gasteiger partial charge in [-0.15, -0.1) is 0 Å². The van der Waals surface area contributed by atoms with Gasteiger partial charge in [-0.3, -0.25) is 9.80 Å². The van der Waals surface area contributed by atoms with Crippen molar-refractivity contribution in [1.29, 1.82) is 0 Å². The number of aromatic nitrogens is 1. The Morgan fingerprint density at radius 2 is 1.95 bits per heavy atom. The SMILES string of the molecule is CC1=C(c2cn(C)c3ccccc23)C(=O)N(C)NC1. The van der Waals surface area contributed by atoms with Crippen LogP contribution in [0.2, 0.25) is 0 Å². The standard InChI is InChI=1S/C15H17N3O/c1-10-8-16-18(3)15(19)14(10)12-9-17(2)13-7-5-4-6-11(12)13/h4-7,9,16H,8H2,1-3H3. The fourth-order valence-corrected chi connectivity index (χ4v) is 2.63. The molecule has 98 valence electrons. The number of aryl methyl sites for hydroxylation is 1. The van der Waals surface area contributed by atoms with Gasteiger partial charge in [-0.1, -0.05) is 18.2 Å². The van der Waals surface area contributed by atoms with Crippen molar-refractivity contribution in [2.75, 3.05) is 13.6 Å². The molecule has 2 heterocycles. The van der Waals surface area contributed by atoms with E-state index < -0.39 is 0 Å². The van der Waals surface area contributed by atoms with E-state index in [1.165, 1.54) is 0 Å². The molecule has 0 unspecified atom stereocenters. The van der Waals surface area contributed by atoms with E-state index in [9.17, 15) is 4.79 Å². The smallest absolute Gasteiger partial charge is 0.268 e. The number of nitrogens with zero attached hydrogens (tertiary/aromatic N) is 2. The van der Waals surface area contributed by atoms with E-state index >= 15 is 0 Å². The Balaban J connectivity index is 2.27. The van der Waals surface area contributed by atoms with E-state index in [2.05, 4.69) is 22.1 Å². The predicted octanol–water partition coefficient (Wildman–Crippen LogP) is 1.93. The molecule has 1 aromatic carbocycles. The molecule has 0 aliphatic carbocycles. The number of para-hydroxylation sites is 1. The van der Waals surface area contributed by atoms with Gasteiger partial charge in [-0.25, -0.2) is 5.43 Å². The molecule has 4 nitrogen and oxygen atoms in total. The molecule has 3 rings (SSSR count). The summed E-state index contributed by atoms with van der Waals surface area (Å²) in [6.07, 6.45) is 2.04. The fourth-order valence-electron chi connectivity index (χ4n) is 2.63. The fraction of sp³-hybridized carbons (Fsp3) is 0.267. The van der Waals surface area contributed by atoms with Gasteiger partial charge in [0.15, 0.2) is 0 Å². The maximum atomic E-state index is 12.4. The summed E-state index contributed by atoms with van der Waals surface area (Å²) >= 11 is 0. The summed E-state index contributed by atoms with van der Waals surface area (Å²) in [5, 5.41) is 2.69. The third kappa shape index (κ3) is 1.76. The number of carbonyl (C=O) groups excluding carboxylic acids is 1. The Kier molecular flexibility index (Phi) is 2.68. The number of fused-ring (bicyclic) bond motifs is 1. The summed E-state index contributed by atoms with van der Waals surface area (Å²) < 4.78 is 2.07. The first-order valence-electron chi connectivity index (χ1n) is 6.35. The molecule has 1 amide bonds. The lowest BCUT2D eigenvalue weighted by Gasteiger charge is -2.26. The minimum absolute atomic E-state index is 0.0279. The molecule has 0 bridgehead atoms. The van der Waals surface area contributed by atoms with Crippen molar-refractivity contribution in [2.45, 2.75) is 6.92 Å². The largest absolute Gasteiger partial charge is 0.350 e. The van der Waals surface area contributed by atoms with Gasteiger partial charge >= 0.3 is 0 Å². The Bertz CT molecular complexity index is 696. The Labute approximate surface area is 112 Å². The Morgan fingerprint density at radius 1 is 1.21 bits per heavy atom. The molecule has 0 radical (unpaired) electrons. The van der Waals surface area contributed by atoms with E-state index in [1.54, 1.807) is 12.1 Å². The van der Waals surface area contributed by atoms with Crippen LogP contribution in [0.3, 0.4) is 0 Å². The van der Waals surface area contributed by atoms with Crippen LogP contribution in [0.4, 0.5) is 0 Å². The third-order valence-electron chi connectivity index (χ3n) is 3.69. The average Bonchev–Trinajstić information content (AvgIpc) is 2.73. The summed E-state index contributed by atoms with van der Waals surface area (Å²) in [4.78, 5) is 12.4. The van der Waals surface area contributed by atoms with Gasteiger partial charge in [0.25, 0.3) is 5.91 Å². The van der Waals surface area contributed by atoms with Crippen molar-refractivity contribution in [3.8, 4) is 0 Å². The second-order valence-corrected chi connectivity index (χ2v) is 5.03. The highest BCUT2D eigenvalue weighted by molar-refractivity contribution is 6.23. The normalized spacial score (nSPS) is 16.6. The molecule has 19 heavy (non-hydrogen) atoms. The number of hydrazine groups is 1. The summed E-state index contributed by atoms with van der Waals surface area (Å²) in [6, 6.07) is 8.17. The zero-order chi connectivity index (χ0) is 13.6. The van der Waals surface area contributed by atoms with Crippen LogP contribution >= 0.6 is 0 Å². The molecule has 4 heteroatoms. The number of hydrogen-bond acceptors (Lipinski definition) is 2. The number of benzene rings is 1. The maximum Gasteiger partial charge on any atom is 0.268 e. The molecule has 1 N–H and O–H groups in total. The van der Waals surface area contributed by atoms with Crippen LogP contribution in [0.5, 0.6) is 0 Å². The van der Waals surface area contributed by atoms with Crippen LogP contribution in [-0.4, -0.2) is 29.1 Å². The number of hydrogen-bond donors (Lipinski definition) is 1. The Hall–Kier alpha value is -2.07. The third-order valence-corrected chi connectivity index (χ3v) is 3.69. The van der Waals surface area contributed by atoms with Crippen LogP contribution in [0.15, 0.2) is 36.0 Å². The zero-order valence-corrected chi connectivity index (χ0v) is 11.4. The number of rotatable bonds is 1. The van der Waals surface area contributed by atoms with Crippen LogP contribution in [0.25, 0.3) is 16.5 Å². The van der Waals surface area contributed by atoms with Crippen molar-refractivity contribution < 1.29 is 4.79 Å². The average molecular weight is 255 g/mol. The molecule has 1 aromatic heterocycles. The second-order valence-electron chi connectivity index (χ2n) is 5.03. The van der Waals surface area contributed by atoms with Gasteiger partial charge in [0.1, 0.15) is 0 Å². The van der Waals surface area contributed by atoms with Crippen LogP contribution in [-0.2, 0) is 11.8 Å². The van der Waals surface area contributed by atoms with Crippen LogP contribution < -0.4 is 5.43 Å². The number of amides is 1. The van der Waals surface area contributed by atoms with Gasteiger partial charge in [-0.2, -0.15) is 0 Å². The molecule has 0 spiro atoms. The van der Waals surface area contributed by atoms with Gasteiger partial charge in [0.05, 0.1) is 5.57 Å². The Morgan fingerprint density at radius 3 is 2.74 bits per heavy atom. The van der Waals surface area contributed by atoms with Crippen molar-refractivity contribution in [3.05, 3.63) is 41.6 Å².